The molecule has 1 aliphatic carbocycles. The summed E-state index contributed by atoms with van der Waals surface area (Å²) < 4.78 is 7.37. The fraction of sp³-hybridized carbons (Fsp3) is 0.250. The number of fused-ring (bicyclic) bond motifs is 3. The molecular weight excluding hydrogens is 360 g/mol. The second-order valence-corrected chi connectivity index (χ2v) is 7.76. The predicted octanol–water partition coefficient (Wildman–Crippen LogP) is 3.83. The summed E-state index contributed by atoms with van der Waals surface area (Å²) in [7, 11) is 1.62. The largest absolute Gasteiger partial charge is 0.497 e. The summed E-state index contributed by atoms with van der Waals surface area (Å²) in [5.41, 5.74) is 2.40. The molecule has 136 valence electrons. The van der Waals surface area contributed by atoms with Gasteiger partial charge in [-0.25, -0.2) is 9.97 Å². The highest BCUT2D eigenvalue weighted by atomic mass is 32.1. The number of nitrogens with one attached hydrogen (secondary N) is 1. The van der Waals surface area contributed by atoms with Crippen LogP contribution in [0.2, 0.25) is 0 Å². The van der Waals surface area contributed by atoms with Crippen molar-refractivity contribution >= 4 is 37.5 Å². The normalized spacial score (nSPS) is 14.0. The number of methoxy groups -OCH3 is 1. The van der Waals surface area contributed by atoms with Gasteiger partial charge in [-0.2, -0.15) is 0 Å². The maximum atomic E-state index is 13.1. The summed E-state index contributed by atoms with van der Waals surface area (Å²) >= 11 is 1.40. The third-order valence-corrected chi connectivity index (χ3v) is 5.99. The molecule has 27 heavy (non-hydrogen) atoms. The van der Waals surface area contributed by atoms with E-state index in [1.165, 1.54) is 24.2 Å². The highest BCUT2D eigenvalue weighted by molar-refractivity contribution is 7.25. The highest BCUT2D eigenvalue weighted by Gasteiger charge is 2.22. The number of aromatic nitrogens is 3. The molecule has 1 aromatic carbocycles. The summed E-state index contributed by atoms with van der Waals surface area (Å²) in [5, 5.41) is 4.45. The van der Waals surface area contributed by atoms with Crippen LogP contribution in [0.25, 0.3) is 26.1 Å². The van der Waals surface area contributed by atoms with Gasteiger partial charge in [0, 0.05) is 18.4 Å². The summed E-state index contributed by atoms with van der Waals surface area (Å²) in [6.07, 6.45) is 5.96. The first kappa shape index (κ1) is 16.3. The average molecular weight is 378 g/mol. The number of ether oxygens (including phenoxy) is 1. The smallest absolute Gasteiger partial charge is 0.275 e. The van der Waals surface area contributed by atoms with E-state index in [4.69, 9.17) is 4.74 Å². The fourth-order valence-corrected chi connectivity index (χ4v) is 4.26. The van der Waals surface area contributed by atoms with Gasteiger partial charge < -0.3 is 10.1 Å². The Hall–Kier alpha value is -2.93. The van der Waals surface area contributed by atoms with Crippen LogP contribution in [0.5, 0.6) is 5.75 Å². The van der Waals surface area contributed by atoms with Crippen LogP contribution in [0.15, 0.2) is 47.7 Å². The summed E-state index contributed by atoms with van der Waals surface area (Å²) in [6, 6.07) is 9.33. The first-order valence-corrected chi connectivity index (χ1v) is 9.73. The number of pyridine rings is 1. The van der Waals surface area contributed by atoms with Gasteiger partial charge in [0.25, 0.3) is 5.56 Å². The topological polar surface area (TPSA) is 69.0 Å². The van der Waals surface area contributed by atoms with Gasteiger partial charge in [0.2, 0.25) is 0 Å². The Morgan fingerprint density at radius 1 is 1.22 bits per heavy atom. The van der Waals surface area contributed by atoms with Gasteiger partial charge in [-0.3, -0.25) is 9.36 Å². The molecule has 0 spiro atoms. The van der Waals surface area contributed by atoms with Gasteiger partial charge in [-0.1, -0.05) is 0 Å². The van der Waals surface area contributed by atoms with Crippen LogP contribution in [-0.2, 0) is 0 Å². The van der Waals surface area contributed by atoms with Crippen molar-refractivity contribution in [3.63, 3.8) is 0 Å². The summed E-state index contributed by atoms with van der Waals surface area (Å²) in [4.78, 5) is 23.0. The van der Waals surface area contributed by atoms with Gasteiger partial charge in [-0.15, -0.1) is 11.3 Å². The van der Waals surface area contributed by atoms with Crippen LogP contribution in [0.3, 0.4) is 0 Å². The maximum Gasteiger partial charge on any atom is 0.275 e. The predicted molar refractivity (Wildman–Crippen MR) is 108 cm³/mol. The van der Waals surface area contributed by atoms with Gasteiger partial charge >= 0.3 is 0 Å². The van der Waals surface area contributed by atoms with Crippen molar-refractivity contribution in [3.8, 4) is 11.4 Å². The third kappa shape index (κ3) is 2.84. The number of hydrogen-bond donors (Lipinski definition) is 1. The molecule has 1 aliphatic rings. The first-order chi connectivity index (χ1) is 13.2. The molecule has 3 aromatic heterocycles. The zero-order valence-electron chi connectivity index (χ0n) is 14.8. The van der Waals surface area contributed by atoms with E-state index in [0.29, 0.717) is 4.70 Å². The minimum atomic E-state index is -0.0821. The van der Waals surface area contributed by atoms with E-state index in [0.717, 1.165) is 45.3 Å². The lowest BCUT2D eigenvalue weighted by atomic mass is 10.2. The lowest BCUT2D eigenvalue weighted by molar-refractivity contribution is 0.414. The Balaban J connectivity index is 1.64. The summed E-state index contributed by atoms with van der Waals surface area (Å²) in [5.74, 6) is 1.51. The van der Waals surface area contributed by atoms with Crippen molar-refractivity contribution in [2.45, 2.75) is 12.8 Å². The van der Waals surface area contributed by atoms with Crippen molar-refractivity contribution in [1.29, 1.82) is 0 Å². The Morgan fingerprint density at radius 2 is 2.04 bits per heavy atom. The molecule has 1 N–H and O–H groups in total. The lowest BCUT2D eigenvalue weighted by Crippen LogP contribution is -2.17. The molecule has 5 rings (SSSR count). The minimum absolute atomic E-state index is 0.0821. The van der Waals surface area contributed by atoms with Gasteiger partial charge in [-0.05, 0) is 49.1 Å². The SMILES string of the molecule is COc1ccc(-n2cnc3c(sc4nccc(NCC5CC5)c43)c2=O)cc1. The molecule has 0 atom stereocenters. The molecule has 0 radical (unpaired) electrons. The van der Waals surface area contributed by atoms with E-state index >= 15 is 0 Å². The number of benzene rings is 1. The Kier molecular flexibility index (Phi) is 3.82. The van der Waals surface area contributed by atoms with Gasteiger partial charge in [0.1, 0.15) is 21.6 Å². The monoisotopic (exact) mass is 378 g/mol. The van der Waals surface area contributed by atoms with Crippen molar-refractivity contribution in [3.05, 3.63) is 53.2 Å². The Bertz CT molecular complexity index is 1190. The molecule has 1 fully saturated rings. The van der Waals surface area contributed by atoms with E-state index < -0.39 is 0 Å². The fourth-order valence-electron chi connectivity index (χ4n) is 3.20. The molecule has 0 amide bonds. The van der Waals surface area contributed by atoms with E-state index in [2.05, 4.69) is 15.3 Å². The molecule has 0 aliphatic heterocycles. The number of thiophene rings is 1. The number of hydrogen-bond acceptors (Lipinski definition) is 6. The van der Waals surface area contributed by atoms with E-state index in [1.54, 1.807) is 24.2 Å². The van der Waals surface area contributed by atoms with Crippen LogP contribution in [0, 0.1) is 5.92 Å². The number of anilines is 1. The first-order valence-electron chi connectivity index (χ1n) is 8.92. The zero-order valence-corrected chi connectivity index (χ0v) is 15.6. The van der Waals surface area contributed by atoms with Gasteiger partial charge in [0.15, 0.2) is 0 Å². The van der Waals surface area contributed by atoms with Crippen LogP contribution < -0.4 is 15.6 Å². The van der Waals surface area contributed by atoms with E-state index in [-0.39, 0.29) is 5.56 Å². The number of nitrogens with zero attached hydrogens (tertiary/aromatic N) is 3. The Labute approximate surface area is 159 Å². The quantitative estimate of drug-likeness (QED) is 0.572. The van der Waals surface area contributed by atoms with Crippen molar-refractivity contribution in [2.75, 3.05) is 19.0 Å². The third-order valence-electron chi connectivity index (χ3n) is 4.91. The van der Waals surface area contributed by atoms with Crippen LogP contribution in [0.4, 0.5) is 5.69 Å². The second kappa shape index (κ2) is 6.35. The summed E-state index contributed by atoms with van der Waals surface area (Å²) in [6.45, 7) is 0.958. The molecule has 7 heteroatoms. The van der Waals surface area contributed by atoms with Crippen molar-refractivity contribution in [2.24, 2.45) is 5.92 Å². The average Bonchev–Trinajstić information content (AvgIpc) is 3.45. The second-order valence-electron chi connectivity index (χ2n) is 6.76. The number of rotatable bonds is 5. The standard InChI is InChI=1S/C20H18N4O2S/c1-26-14-6-4-13(5-7-14)24-11-23-17-16-15(22-10-12-2-3-12)8-9-21-19(16)27-18(17)20(24)25/h4-9,11-12H,2-3,10H2,1H3,(H,21,22). The molecule has 4 aromatic rings. The molecule has 0 unspecified atom stereocenters. The van der Waals surface area contributed by atoms with Crippen molar-refractivity contribution < 1.29 is 4.74 Å². The van der Waals surface area contributed by atoms with E-state index in [1.807, 2.05) is 30.3 Å². The minimum Gasteiger partial charge on any atom is -0.497 e. The van der Waals surface area contributed by atoms with Crippen LogP contribution >= 0.6 is 11.3 Å². The lowest BCUT2D eigenvalue weighted by Gasteiger charge is -2.08. The van der Waals surface area contributed by atoms with Crippen LogP contribution in [-0.4, -0.2) is 28.2 Å². The molecule has 0 saturated heterocycles. The van der Waals surface area contributed by atoms with Crippen LogP contribution in [0.1, 0.15) is 12.8 Å². The molecule has 0 bridgehead atoms. The molecule has 6 nitrogen and oxygen atoms in total. The molecular formula is C20H18N4O2S. The van der Waals surface area contributed by atoms with Crippen molar-refractivity contribution in [1.82, 2.24) is 14.5 Å². The highest BCUT2D eigenvalue weighted by Crippen LogP contribution is 2.35. The maximum absolute atomic E-state index is 13.1. The zero-order chi connectivity index (χ0) is 18.4. The van der Waals surface area contributed by atoms with E-state index in [9.17, 15) is 4.79 Å². The molecule has 3 heterocycles. The molecule has 1 saturated carbocycles. The Morgan fingerprint density at radius 3 is 2.78 bits per heavy atom. The van der Waals surface area contributed by atoms with Gasteiger partial charge in [0.05, 0.1) is 23.7 Å².